The van der Waals surface area contributed by atoms with Gasteiger partial charge in [0.2, 0.25) is 11.8 Å². The van der Waals surface area contributed by atoms with E-state index in [1.807, 2.05) is 13.0 Å². The number of benzene rings is 2. The third-order valence-corrected chi connectivity index (χ3v) is 6.93. The van der Waals surface area contributed by atoms with Crippen LogP contribution in [0, 0.1) is 18.8 Å². The number of Topliss-reactive ketones (excluding diaryl/α,β-unsaturated/α-hetero) is 1. The summed E-state index contributed by atoms with van der Waals surface area (Å²) in [6.45, 7) is 1.84. The van der Waals surface area contributed by atoms with Crippen molar-refractivity contribution in [2.75, 3.05) is 10.2 Å². The molecular weight excluding hydrogens is 408 g/mol. The van der Waals surface area contributed by atoms with Crippen LogP contribution in [0.2, 0.25) is 0 Å². The van der Waals surface area contributed by atoms with Gasteiger partial charge >= 0.3 is 0 Å². The van der Waals surface area contributed by atoms with Crippen LogP contribution in [-0.4, -0.2) is 28.6 Å². The standard InChI is InChI=1S/C25H24N2O5/c1-14-9-10-20-19(11-14)25(32,24(31)26-20)13-21(28)15-5-4-6-16(12-15)27-22(29)17-7-2-3-8-18(17)23(27)30/h4-6,9-12,17-18,32H,2-3,7-8,13H2,1H3,(H,26,31). The molecule has 2 fully saturated rings. The van der Waals surface area contributed by atoms with Crippen LogP contribution in [-0.2, 0) is 20.0 Å². The molecule has 1 saturated heterocycles. The van der Waals surface area contributed by atoms with Crippen LogP contribution in [0.3, 0.4) is 0 Å². The Hall–Kier alpha value is -3.32. The Morgan fingerprint density at radius 3 is 2.44 bits per heavy atom. The third-order valence-electron chi connectivity index (χ3n) is 6.93. The maximum Gasteiger partial charge on any atom is 0.261 e. The zero-order valence-corrected chi connectivity index (χ0v) is 17.8. The van der Waals surface area contributed by atoms with E-state index in [2.05, 4.69) is 5.32 Å². The fourth-order valence-electron chi connectivity index (χ4n) is 5.20. The number of amides is 3. The van der Waals surface area contributed by atoms with Crippen LogP contribution < -0.4 is 10.2 Å². The van der Waals surface area contributed by atoms with Crippen LogP contribution in [0.1, 0.15) is 53.6 Å². The number of hydrogen-bond donors (Lipinski definition) is 2. The van der Waals surface area contributed by atoms with Crippen molar-refractivity contribution < 1.29 is 24.3 Å². The number of aliphatic hydroxyl groups is 1. The lowest BCUT2D eigenvalue weighted by molar-refractivity contribution is -0.133. The van der Waals surface area contributed by atoms with E-state index in [0.717, 1.165) is 18.4 Å². The lowest BCUT2D eigenvalue weighted by Gasteiger charge is -2.21. The number of nitrogens with one attached hydrogen (secondary N) is 1. The third kappa shape index (κ3) is 3.07. The van der Waals surface area contributed by atoms with Gasteiger partial charge < -0.3 is 10.4 Å². The minimum atomic E-state index is -1.97. The SMILES string of the molecule is Cc1ccc2c(c1)C(O)(CC(=O)c1cccc(N3C(=O)C4CCCCC4C3=O)c1)C(=O)N2. The molecule has 1 aliphatic carbocycles. The van der Waals surface area contributed by atoms with Gasteiger partial charge in [0.1, 0.15) is 0 Å². The number of aryl methyl sites for hydroxylation is 1. The van der Waals surface area contributed by atoms with E-state index in [0.29, 0.717) is 29.8 Å². The van der Waals surface area contributed by atoms with Crippen molar-refractivity contribution >= 4 is 34.9 Å². The first-order chi connectivity index (χ1) is 15.3. The van der Waals surface area contributed by atoms with Gasteiger partial charge in [0, 0.05) is 16.8 Å². The molecule has 0 bridgehead atoms. The van der Waals surface area contributed by atoms with Crippen molar-refractivity contribution in [3.63, 3.8) is 0 Å². The zero-order valence-electron chi connectivity index (χ0n) is 17.8. The summed E-state index contributed by atoms with van der Waals surface area (Å²) in [5.41, 5.74) is 0.352. The molecule has 7 nitrogen and oxygen atoms in total. The van der Waals surface area contributed by atoms with E-state index in [-0.39, 0.29) is 29.2 Å². The molecule has 3 aliphatic rings. The monoisotopic (exact) mass is 432 g/mol. The van der Waals surface area contributed by atoms with E-state index < -0.39 is 23.7 Å². The minimum Gasteiger partial charge on any atom is -0.375 e. The van der Waals surface area contributed by atoms with E-state index in [9.17, 15) is 24.3 Å². The molecule has 3 unspecified atom stereocenters. The molecule has 2 aliphatic heterocycles. The molecule has 1 saturated carbocycles. The van der Waals surface area contributed by atoms with Crippen molar-refractivity contribution in [2.24, 2.45) is 11.8 Å². The summed E-state index contributed by atoms with van der Waals surface area (Å²) < 4.78 is 0. The maximum atomic E-state index is 13.1. The van der Waals surface area contributed by atoms with Gasteiger partial charge in [-0.2, -0.15) is 0 Å². The maximum absolute atomic E-state index is 13.1. The molecule has 164 valence electrons. The van der Waals surface area contributed by atoms with Crippen molar-refractivity contribution in [2.45, 2.75) is 44.6 Å². The van der Waals surface area contributed by atoms with E-state index in [1.165, 1.54) is 11.0 Å². The van der Waals surface area contributed by atoms with E-state index in [4.69, 9.17) is 0 Å². The summed E-state index contributed by atoms with van der Waals surface area (Å²) in [5, 5.41) is 13.8. The first kappa shape index (κ1) is 20.6. The van der Waals surface area contributed by atoms with Gasteiger partial charge in [0.25, 0.3) is 5.91 Å². The Bertz CT molecular complexity index is 1150. The number of anilines is 2. The van der Waals surface area contributed by atoms with Gasteiger partial charge in [0.05, 0.1) is 23.9 Å². The summed E-state index contributed by atoms with van der Waals surface area (Å²) in [6, 6.07) is 11.5. The summed E-state index contributed by atoms with van der Waals surface area (Å²) in [5.74, 6) is -2.06. The predicted octanol–water partition coefficient (Wildman–Crippen LogP) is 3.09. The number of nitrogens with zero attached hydrogens (tertiary/aromatic N) is 1. The summed E-state index contributed by atoms with van der Waals surface area (Å²) >= 11 is 0. The Labute approximate surface area is 185 Å². The molecule has 0 radical (unpaired) electrons. The van der Waals surface area contributed by atoms with E-state index >= 15 is 0 Å². The average Bonchev–Trinajstić information content (AvgIpc) is 3.18. The molecule has 32 heavy (non-hydrogen) atoms. The molecule has 2 aromatic carbocycles. The number of rotatable bonds is 4. The van der Waals surface area contributed by atoms with E-state index in [1.54, 1.807) is 30.3 Å². The normalized spacial score (nSPS) is 26.7. The summed E-state index contributed by atoms with van der Waals surface area (Å²) in [4.78, 5) is 52.6. The highest BCUT2D eigenvalue weighted by atomic mass is 16.3. The molecule has 2 N–H and O–H groups in total. The highest BCUT2D eigenvalue weighted by Gasteiger charge is 2.49. The topological polar surface area (TPSA) is 104 Å². The van der Waals surface area contributed by atoms with Crippen LogP contribution in [0.4, 0.5) is 11.4 Å². The van der Waals surface area contributed by atoms with Crippen LogP contribution in [0.15, 0.2) is 42.5 Å². The van der Waals surface area contributed by atoms with Gasteiger partial charge in [-0.05, 0) is 38.0 Å². The van der Waals surface area contributed by atoms with Crippen molar-refractivity contribution in [1.82, 2.24) is 0 Å². The molecule has 0 aromatic heterocycles. The molecule has 7 heteroatoms. The van der Waals surface area contributed by atoms with Crippen molar-refractivity contribution in [3.8, 4) is 0 Å². The highest BCUT2D eigenvalue weighted by Crippen LogP contribution is 2.41. The Balaban J connectivity index is 1.43. The second-order valence-corrected chi connectivity index (χ2v) is 9.02. The number of imide groups is 1. The summed E-state index contributed by atoms with van der Waals surface area (Å²) in [7, 11) is 0. The summed E-state index contributed by atoms with van der Waals surface area (Å²) in [6.07, 6.45) is 2.87. The molecule has 2 aromatic rings. The van der Waals surface area contributed by atoms with Crippen LogP contribution in [0.5, 0.6) is 0 Å². The van der Waals surface area contributed by atoms with Gasteiger partial charge in [0.15, 0.2) is 11.4 Å². The molecule has 5 rings (SSSR count). The fraction of sp³-hybridized carbons (Fsp3) is 0.360. The van der Waals surface area contributed by atoms with Crippen molar-refractivity contribution in [3.05, 3.63) is 59.2 Å². The largest absolute Gasteiger partial charge is 0.375 e. The molecule has 3 atom stereocenters. The number of carbonyl (C=O) groups is 4. The quantitative estimate of drug-likeness (QED) is 0.571. The highest BCUT2D eigenvalue weighted by molar-refractivity contribution is 6.22. The Morgan fingerprint density at radius 2 is 1.75 bits per heavy atom. The smallest absolute Gasteiger partial charge is 0.261 e. The average molecular weight is 432 g/mol. The van der Waals surface area contributed by atoms with Crippen LogP contribution >= 0.6 is 0 Å². The minimum absolute atomic E-state index is 0.206. The number of fused-ring (bicyclic) bond motifs is 2. The van der Waals surface area contributed by atoms with Gasteiger partial charge in [-0.1, -0.05) is 42.7 Å². The van der Waals surface area contributed by atoms with Crippen molar-refractivity contribution in [1.29, 1.82) is 0 Å². The second kappa shape index (κ2) is 7.38. The van der Waals surface area contributed by atoms with Gasteiger partial charge in [-0.15, -0.1) is 0 Å². The first-order valence-electron chi connectivity index (χ1n) is 11.0. The molecular formula is C25H24N2O5. The Kier molecular flexibility index (Phi) is 4.74. The number of carbonyl (C=O) groups excluding carboxylic acids is 4. The molecule has 3 amide bonds. The van der Waals surface area contributed by atoms with Gasteiger partial charge in [-0.3, -0.25) is 24.1 Å². The Morgan fingerprint density at radius 1 is 1.06 bits per heavy atom. The number of hydrogen-bond acceptors (Lipinski definition) is 5. The fourth-order valence-corrected chi connectivity index (χ4v) is 5.20. The molecule has 2 heterocycles. The lowest BCUT2D eigenvalue weighted by Crippen LogP contribution is -2.36. The lowest BCUT2D eigenvalue weighted by atomic mass is 9.81. The predicted molar refractivity (Wildman–Crippen MR) is 117 cm³/mol. The number of ketones is 1. The van der Waals surface area contributed by atoms with Crippen LogP contribution in [0.25, 0.3) is 0 Å². The van der Waals surface area contributed by atoms with Gasteiger partial charge in [-0.25, -0.2) is 0 Å². The first-order valence-corrected chi connectivity index (χ1v) is 11.0. The second-order valence-electron chi connectivity index (χ2n) is 9.02. The molecule has 0 spiro atoms. The zero-order chi connectivity index (χ0) is 22.6.